The van der Waals surface area contributed by atoms with Crippen LogP contribution in [0.3, 0.4) is 0 Å². The smallest absolute Gasteiger partial charge is 0.329 e. The van der Waals surface area contributed by atoms with Gasteiger partial charge in [0.2, 0.25) is 0 Å². The van der Waals surface area contributed by atoms with Gasteiger partial charge in [0.1, 0.15) is 0 Å². The highest BCUT2D eigenvalue weighted by Crippen LogP contribution is 2.27. The molecule has 0 heterocycles. The van der Waals surface area contributed by atoms with E-state index < -0.39 is 11.8 Å². The molecule has 2 N–H and O–H groups in total. The lowest BCUT2D eigenvalue weighted by atomic mass is 10.1. The normalized spacial score (nSPS) is 10.6. The summed E-state index contributed by atoms with van der Waals surface area (Å²) in [5.41, 5.74) is 3.63. The maximum atomic E-state index is 11.8. The molecule has 28 heavy (non-hydrogen) atoms. The van der Waals surface area contributed by atoms with E-state index in [0.717, 1.165) is 5.56 Å². The minimum atomic E-state index is -0.881. The van der Waals surface area contributed by atoms with E-state index in [9.17, 15) is 9.59 Å². The van der Waals surface area contributed by atoms with Gasteiger partial charge in [-0.1, -0.05) is 35.3 Å². The van der Waals surface area contributed by atoms with Gasteiger partial charge in [0.15, 0.2) is 11.5 Å². The molecule has 0 aromatic heterocycles. The Labute approximate surface area is 172 Å². The van der Waals surface area contributed by atoms with Crippen LogP contribution in [0.25, 0.3) is 0 Å². The monoisotopic (exact) mass is 423 g/mol. The van der Waals surface area contributed by atoms with Crippen LogP contribution >= 0.6 is 23.2 Å². The van der Waals surface area contributed by atoms with E-state index in [2.05, 4.69) is 15.8 Å². The molecule has 0 bridgehead atoms. The third-order valence-electron chi connectivity index (χ3n) is 3.69. The fraction of sp³-hybridized carbons (Fsp3) is 0.211. The Kier molecular flexibility index (Phi) is 8.10. The lowest BCUT2D eigenvalue weighted by Crippen LogP contribution is -2.38. The van der Waals surface area contributed by atoms with Crippen LogP contribution in [0.2, 0.25) is 10.0 Å². The average molecular weight is 424 g/mol. The summed E-state index contributed by atoms with van der Waals surface area (Å²) >= 11 is 11.8. The van der Waals surface area contributed by atoms with Crippen molar-refractivity contribution in [3.8, 4) is 11.5 Å². The molecule has 0 fully saturated rings. The molecule has 2 aromatic rings. The van der Waals surface area contributed by atoms with Gasteiger partial charge in [-0.3, -0.25) is 9.59 Å². The third-order valence-corrected chi connectivity index (χ3v) is 4.25. The second-order valence-corrected chi connectivity index (χ2v) is 6.40. The van der Waals surface area contributed by atoms with Gasteiger partial charge in [-0.15, -0.1) is 0 Å². The highest BCUT2D eigenvalue weighted by molar-refractivity contribution is 6.36. The summed E-state index contributed by atoms with van der Waals surface area (Å²) in [6.07, 6.45) is 1.84. The van der Waals surface area contributed by atoms with Crippen molar-refractivity contribution in [3.63, 3.8) is 0 Å². The predicted molar refractivity (Wildman–Crippen MR) is 108 cm³/mol. The van der Waals surface area contributed by atoms with Crippen LogP contribution in [0, 0.1) is 0 Å². The fourth-order valence-electron chi connectivity index (χ4n) is 2.25. The number of hydrazone groups is 1. The van der Waals surface area contributed by atoms with Crippen molar-refractivity contribution >= 4 is 41.2 Å². The summed E-state index contributed by atoms with van der Waals surface area (Å²) < 4.78 is 10.4. The molecule has 7 nitrogen and oxygen atoms in total. The number of methoxy groups -OCH3 is 2. The van der Waals surface area contributed by atoms with Crippen LogP contribution in [0.15, 0.2) is 41.5 Å². The van der Waals surface area contributed by atoms with Gasteiger partial charge < -0.3 is 14.8 Å². The number of amides is 2. The zero-order valence-electron chi connectivity index (χ0n) is 15.3. The van der Waals surface area contributed by atoms with Crippen molar-refractivity contribution in [2.45, 2.75) is 6.42 Å². The van der Waals surface area contributed by atoms with E-state index in [1.54, 1.807) is 38.5 Å². The minimum absolute atomic E-state index is 0.272. The van der Waals surface area contributed by atoms with Crippen molar-refractivity contribution in [2.75, 3.05) is 20.8 Å². The standard InChI is InChI=1S/C19H19Cl2N3O4/c1-27-16-6-3-12(9-17(16)28-2)7-8-22-18(25)19(26)24-23-11-13-4-5-14(20)10-15(13)21/h3-6,9-11H,7-8H2,1-2H3,(H,22,25)(H,24,26)/b23-11+. The number of ether oxygens (including phenoxy) is 2. The molecule has 0 radical (unpaired) electrons. The third kappa shape index (κ3) is 6.14. The number of benzene rings is 2. The lowest BCUT2D eigenvalue weighted by molar-refractivity contribution is -0.139. The van der Waals surface area contributed by atoms with Crippen molar-refractivity contribution in [1.29, 1.82) is 0 Å². The lowest BCUT2D eigenvalue weighted by Gasteiger charge is -2.10. The summed E-state index contributed by atoms with van der Waals surface area (Å²) in [6, 6.07) is 10.3. The van der Waals surface area contributed by atoms with Crippen molar-refractivity contribution in [1.82, 2.24) is 10.7 Å². The summed E-state index contributed by atoms with van der Waals surface area (Å²) in [4.78, 5) is 23.6. The number of hydrogen-bond acceptors (Lipinski definition) is 5. The molecule has 0 unspecified atom stereocenters. The Morgan fingerprint density at radius 1 is 1.04 bits per heavy atom. The number of nitrogens with zero attached hydrogens (tertiary/aromatic N) is 1. The molecule has 0 aliphatic rings. The van der Waals surface area contributed by atoms with E-state index in [0.29, 0.717) is 33.5 Å². The van der Waals surface area contributed by atoms with E-state index in [1.165, 1.54) is 6.21 Å². The molecular formula is C19H19Cl2N3O4. The molecule has 0 atom stereocenters. The number of carbonyl (C=O) groups is 2. The largest absolute Gasteiger partial charge is 0.493 e. The molecule has 9 heteroatoms. The number of rotatable bonds is 7. The van der Waals surface area contributed by atoms with Gasteiger partial charge in [0.05, 0.1) is 25.5 Å². The molecule has 2 amide bonds. The summed E-state index contributed by atoms with van der Waals surface area (Å²) in [7, 11) is 3.10. The Bertz CT molecular complexity index is 887. The van der Waals surface area contributed by atoms with Crippen LogP contribution in [0.5, 0.6) is 11.5 Å². The molecule has 0 aliphatic carbocycles. The Balaban J connectivity index is 1.81. The second-order valence-electron chi connectivity index (χ2n) is 5.56. The summed E-state index contributed by atoms with van der Waals surface area (Å²) in [5.74, 6) is -0.457. The van der Waals surface area contributed by atoms with Gasteiger partial charge in [-0.05, 0) is 36.2 Å². The van der Waals surface area contributed by atoms with Crippen molar-refractivity contribution < 1.29 is 19.1 Å². The Morgan fingerprint density at radius 2 is 1.79 bits per heavy atom. The molecule has 0 spiro atoms. The topological polar surface area (TPSA) is 89.0 Å². The molecule has 0 aliphatic heterocycles. The van der Waals surface area contributed by atoms with Crippen LogP contribution in [0.4, 0.5) is 0 Å². The van der Waals surface area contributed by atoms with Crippen LogP contribution in [-0.4, -0.2) is 38.8 Å². The van der Waals surface area contributed by atoms with Gasteiger partial charge in [-0.25, -0.2) is 5.43 Å². The maximum Gasteiger partial charge on any atom is 0.329 e. The average Bonchev–Trinajstić information content (AvgIpc) is 2.69. The molecule has 0 saturated heterocycles. The van der Waals surface area contributed by atoms with Gasteiger partial charge in [-0.2, -0.15) is 5.10 Å². The van der Waals surface area contributed by atoms with Crippen LogP contribution in [-0.2, 0) is 16.0 Å². The van der Waals surface area contributed by atoms with Crippen LogP contribution in [0.1, 0.15) is 11.1 Å². The zero-order chi connectivity index (χ0) is 20.5. The van der Waals surface area contributed by atoms with E-state index in [1.807, 2.05) is 12.1 Å². The molecule has 148 valence electrons. The number of halogens is 2. The molecular weight excluding hydrogens is 405 g/mol. The van der Waals surface area contributed by atoms with Crippen molar-refractivity contribution in [3.05, 3.63) is 57.6 Å². The van der Waals surface area contributed by atoms with E-state index >= 15 is 0 Å². The molecule has 0 saturated carbocycles. The summed E-state index contributed by atoms with van der Waals surface area (Å²) in [6.45, 7) is 0.272. The molecule has 2 aromatic carbocycles. The first kappa shape index (κ1) is 21.5. The second kappa shape index (κ2) is 10.5. The van der Waals surface area contributed by atoms with Gasteiger partial charge in [0, 0.05) is 17.1 Å². The number of carbonyl (C=O) groups excluding carboxylic acids is 2. The number of hydrogen-bond donors (Lipinski definition) is 2. The predicted octanol–water partition coefficient (Wildman–Crippen LogP) is 2.82. The maximum absolute atomic E-state index is 11.8. The highest BCUT2D eigenvalue weighted by Gasteiger charge is 2.12. The number of nitrogens with one attached hydrogen (secondary N) is 2. The Hall–Kier alpha value is -2.77. The first-order chi connectivity index (χ1) is 13.4. The van der Waals surface area contributed by atoms with Crippen molar-refractivity contribution in [2.24, 2.45) is 5.10 Å². The van der Waals surface area contributed by atoms with E-state index in [-0.39, 0.29) is 6.54 Å². The SMILES string of the molecule is COc1ccc(CCNC(=O)C(=O)N/N=C/c2ccc(Cl)cc2Cl)cc1OC. The quantitative estimate of drug-likeness (QED) is 0.407. The first-order valence-electron chi connectivity index (χ1n) is 8.21. The summed E-state index contributed by atoms with van der Waals surface area (Å²) in [5, 5.41) is 7.11. The fourth-order valence-corrected chi connectivity index (χ4v) is 2.71. The minimum Gasteiger partial charge on any atom is -0.493 e. The Morgan fingerprint density at radius 3 is 2.46 bits per heavy atom. The van der Waals surface area contributed by atoms with Crippen LogP contribution < -0.4 is 20.2 Å². The molecule has 2 rings (SSSR count). The van der Waals surface area contributed by atoms with E-state index in [4.69, 9.17) is 32.7 Å². The zero-order valence-corrected chi connectivity index (χ0v) is 16.8. The first-order valence-corrected chi connectivity index (χ1v) is 8.97. The highest BCUT2D eigenvalue weighted by atomic mass is 35.5. The van der Waals surface area contributed by atoms with Gasteiger partial charge >= 0.3 is 11.8 Å². The van der Waals surface area contributed by atoms with Gasteiger partial charge in [0.25, 0.3) is 0 Å².